The van der Waals surface area contributed by atoms with Crippen molar-refractivity contribution < 1.29 is 4.39 Å². The molecule has 0 aliphatic rings. The zero-order valence-corrected chi connectivity index (χ0v) is 12.0. The minimum Gasteiger partial charge on any atom is -0.326 e. The summed E-state index contributed by atoms with van der Waals surface area (Å²) in [5, 5.41) is 0. The van der Waals surface area contributed by atoms with Crippen molar-refractivity contribution >= 4 is 12.4 Å². The van der Waals surface area contributed by atoms with Crippen molar-refractivity contribution in [1.82, 2.24) is 0 Å². The van der Waals surface area contributed by atoms with Crippen molar-refractivity contribution in [2.45, 2.75) is 26.3 Å². The van der Waals surface area contributed by atoms with Crippen molar-refractivity contribution in [1.29, 1.82) is 0 Å². The van der Waals surface area contributed by atoms with Gasteiger partial charge in [-0.3, -0.25) is 0 Å². The Balaban J connectivity index is 0.00000180. The quantitative estimate of drug-likeness (QED) is 0.880. The number of rotatable bonds is 3. The second-order valence-electron chi connectivity index (χ2n) is 4.80. The first kappa shape index (κ1) is 15.7. The Hall–Kier alpha value is -1.38. The number of nitrogens with two attached hydrogens (primary N) is 1. The molecule has 2 aromatic carbocycles. The van der Waals surface area contributed by atoms with Crippen LogP contribution in [0, 0.1) is 5.82 Å². The molecule has 2 aromatic rings. The third-order valence-corrected chi connectivity index (χ3v) is 3.13. The molecule has 0 radical (unpaired) electrons. The average Bonchev–Trinajstić information content (AvgIpc) is 2.39. The smallest absolute Gasteiger partial charge is 0.131 e. The van der Waals surface area contributed by atoms with Gasteiger partial charge in [0.15, 0.2) is 0 Å². The first-order chi connectivity index (χ1) is 8.61. The molecule has 3 heteroatoms. The van der Waals surface area contributed by atoms with Gasteiger partial charge in [-0.1, -0.05) is 44.2 Å². The molecule has 1 nitrogen and oxygen atoms in total. The van der Waals surface area contributed by atoms with Crippen LogP contribution in [0.3, 0.4) is 0 Å². The Morgan fingerprint density at radius 1 is 1.11 bits per heavy atom. The van der Waals surface area contributed by atoms with Gasteiger partial charge in [-0.25, -0.2) is 4.39 Å². The fourth-order valence-electron chi connectivity index (χ4n) is 1.99. The van der Waals surface area contributed by atoms with E-state index in [9.17, 15) is 4.39 Å². The highest BCUT2D eigenvalue weighted by Crippen LogP contribution is 2.27. The molecular formula is C16H19ClFN. The Morgan fingerprint density at radius 2 is 1.84 bits per heavy atom. The molecule has 102 valence electrons. The summed E-state index contributed by atoms with van der Waals surface area (Å²) in [5.74, 6) is 0.235. The summed E-state index contributed by atoms with van der Waals surface area (Å²) in [4.78, 5) is 0. The van der Waals surface area contributed by atoms with E-state index in [1.165, 1.54) is 11.6 Å². The van der Waals surface area contributed by atoms with Gasteiger partial charge in [0.25, 0.3) is 0 Å². The van der Waals surface area contributed by atoms with Gasteiger partial charge in [0.05, 0.1) is 0 Å². The van der Waals surface area contributed by atoms with Gasteiger partial charge in [-0.05, 0) is 34.7 Å². The highest BCUT2D eigenvalue weighted by molar-refractivity contribution is 5.85. The summed E-state index contributed by atoms with van der Waals surface area (Å²) in [6.07, 6.45) is 0. The molecule has 0 bridgehead atoms. The summed E-state index contributed by atoms with van der Waals surface area (Å²) < 4.78 is 13.9. The first-order valence-electron chi connectivity index (χ1n) is 6.20. The van der Waals surface area contributed by atoms with E-state index in [2.05, 4.69) is 19.9 Å². The van der Waals surface area contributed by atoms with Crippen LogP contribution in [0.1, 0.15) is 30.9 Å². The lowest BCUT2D eigenvalue weighted by molar-refractivity contribution is 0.630. The number of hydrogen-bond donors (Lipinski definition) is 1. The van der Waals surface area contributed by atoms with Crippen LogP contribution in [-0.4, -0.2) is 0 Å². The van der Waals surface area contributed by atoms with Crippen molar-refractivity contribution in [3.63, 3.8) is 0 Å². The fraction of sp³-hybridized carbons (Fsp3) is 0.250. The lowest BCUT2D eigenvalue weighted by atomic mass is 9.96. The van der Waals surface area contributed by atoms with Crippen LogP contribution >= 0.6 is 12.4 Å². The highest BCUT2D eigenvalue weighted by Gasteiger charge is 2.07. The van der Waals surface area contributed by atoms with Crippen molar-refractivity contribution in [2.75, 3.05) is 0 Å². The summed E-state index contributed by atoms with van der Waals surface area (Å²) in [5.41, 5.74) is 9.30. The SMILES string of the molecule is CC(C)c1cccc(-c2cc(CN)ccc2F)c1.Cl. The van der Waals surface area contributed by atoms with E-state index in [0.29, 0.717) is 18.0 Å². The minimum absolute atomic E-state index is 0. The third kappa shape index (κ3) is 3.55. The predicted molar refractivity (Wildman–Crippen MR) is 81.1 cm³/mol. The van der Waals surface area contributed by atoms with Gasteiger partial charge >= 0.3 is 0 Å². The molecule has 2 N–H and O–H groups in total. The van der Waals surface area contributed by atoms with Crippen LogP contribution in [0.4, 0.5) is 4.39 Å². The molecule has 0 heterocycles. The van der Waals surface area contributed by atoms with Crippen LogP contribution < -0.4 is 5.73 Å². The van der Waals surface area contributed by atoms with Gasteiger partial charge in [-0.15, -0.1) is 12.4 Å². The van der Waals surface area contributed by atoms with Crippen molar-refractivity contribution in [3.8, 4) is 11.1 Å². The normalized spacial score (nSPS) is 10.4. The largest absolute Gasteiger partial charge is 0.326 e. The van der Waals surface area contributed by atoms with Gasteiger partial charge in [0, 0.05) is 12.1 Å². The summed E-state index contributed by atoms with van der Waals surface area (Å²) >= 11 is 0. The molecule has 0 aliphatic heterocycles. The van der Waals surface area contributed by atoms with E-state index in [1.54, 1.807) is 6.07 Å². The summed E-state index contributed by atoms with van der Waals surface area (Å²) in [6, 6.07) is 13.1. The van der Waals surface area contributed by atoms with E-state index in [0.717, 1.165) is 11.1 Å². The minimum atomic E-state index is -0.201. The van der Waals surface area contributed by atoms with E-state index in [1.807, 2.05) is 24.3 Å². The molecule has 0 amide bonds. The molecule has 0 aromatic heterocycles. The summed E-state index contributed by atoms with van der Waals surface area (Å²) in [6.45, 7) is 4.69. The van der Waals surface area contributed by atoms with E-state index in [4.69, 9.17) is 5.73 Å². The Kier molecular flexibility index (Phi) is 5.52. The second-order valence-corrected chi connectivity index (χ2v) is 4.80. The van der Waals surface area contributed by atoms with E-state index < -0.39 is 0 Å². The topological polar surface area (TPSA) is 26.0 Å². The summed E-state index contributed by atoms with van der Waals surface area (Å²) in [7, 11) is 0. The zero-order valence-electron chi connectivity index (χ0n) is 11.2. The second kappa shape index (κ2) is 6.69. The molecule has 0 saturated heterocycles. The Morgan fingerprint density at radius 3 is 2.47 bits per heavy atom. The van der Waals surface area contributed by atoms with Gasteiger partial charge in [0.1, 0.15) is 5.82 Å². The molecule has 0 atom stereocenters. The lowest BCUT2D eigenvalue weighted by Crippen LogP contribution is -1.97. The van der Waals surface area contributed by atoms with Crippen molar-refractivity contribution in [2.24, 2.45) is 5.73 Å². The maximum absolute atomic E-state index is 13.9. The highest BCUT2D eigenvalue weighted by atomic mass is 35.5. The standard InChI is InChI=1S/C16H18FN.ClH/c1-11(2)13-4-3-5-14(9-13)15-8-12(10-18)6-7-16(15)17;/h3-9,11H,10,18H2,1-2H3;1H. The predicted octanol–water partition coefficient (Wildman–Crippen LogP) is 4.50. The van der Waals surface area contributed by atoms with Crippen LogP contribution in [-0.2, 0) is 6.54 Å². The average molecular weight is 280 g/mol. The lowest BCUT2D eigenvalue weighted by Gasteiger charge is -2.10. The molecule has 19 heavy (non-hydrogen) atoms. The number of benzene rings is 2. The van der Waals surface area contributed by atoms with Gasteiger partial charge < -0.3 is 5.73 Å². The molecule has 0 unspecified atom stereocenters. The Labute approximate surface area is 120 Å². The van der Waals surface area contributed by atoms with E-state index >= 15 is 0 Å². The molecule has 2 rings (SSSR count). The monoisotopic (exact) mass is 279 g/mol. The van der Waals surface area contributed by atoms with Crippen molar-refractivity contribution in [3.05, 3.63) is 59.4 Å². The zero-order chi connectivity index (χ0) is 13.1. The molecule has 0 saturated carbocycles. The van der Waals surface area contributed by atoms with Crippen LogP contribution in [0.15, 0.2) is 42.5 Å². The molecule has 0 aliphatic carbocycles. The van der Waals surface area contributed by atoms with Gasteiger partial charge in [0.2, 0.25) is 0 Å². The van der Waals surface area contributed by atoms with Crippen LogP contribution in [0.2, 0.25) is 0 Å². The number of halogens is 2. The van der Waals surface area contributed by atoms with E-state index in [-0.39, 0.29) is 18.2 Å². The fourth-order valence-corrected chi connectivity index (χ4v) is 1.99. The third-order valence-electron chi connectivity index (χ3n) is 3.13. The Bertz CT molecular complexity index is 552. The number of hydrogen-bond acceptors (Lipinski definition) is 1. The first-order valence-corrected chi connectivity index (χ1v) is 6.20. The van der Waals surface area contributed by atoms with Crippen LogP contribution in [0.5, 0.6) is 0 Å². The maximum atomic E-state index is 13.9. The maximum Gasteiger partial charge on any atom is 0.131 e. The molecule has 0 fully saturated rings. The van der Waals surface area contributed by atoms with Crippen LogP contribution in [0.25, 0.3) is 11.1 Å². The van der Waals surface area contributed by atoms with Gasteiger partial charge in [-0.2, -0.15) is 0 Å². The molecular weight excluding hydrogens is 261 g/mol. The molecule has 0 spiro atoms.